The van der Waals surface area contributed by atoms with E-state index in [1.54, 1.807) is 30.0 Å². The minimum Gasteiger partial charge on any atom is -0.468 e. The topological polar surface area (TPSA) is 77.0 Å². The fraction of sp³-hybridized carbons (Fsp3) is 0.523. The van der Waals surface area contributed by atoms with Crippen LogP contribution in [0.2, 0.25) is 16.6 Å². The second-order valence-electron chi connectivity index (χ2n) is 17.0. The largest absolute Gasteiger partial charge is 0.468 e. The van der Waals surface area contributed by atoms with Crippen molar-refractivity contribution in [2.45, 2.75) is 123 Å². The maximum Gasteiger partial charge on any atom is 0.410 e. The molecule has 1 amide bonds. The number of amides is 1. The second-order valence-corrected chi connectivity index (χ2v) is 22.6. The van der Waals surface area contributed by atoms with E-state index in [-0.39, 0.29) is 80.4 Å². The summed E-state index contributed by atoms with van der Waals surface area (Å²) in [5, 5.41) is 0.980. The zero-order chi connectivity index (χ0) is 42.6. The Morgan fingerprint density at radius 2 is 1.69 bits per heavy atom. The van der Waals surface area contributed by atoms with Crippen molar-refractivity contribution in [1.29, 1.82) is 0 Å². The summed E-state index contributed by atoms with van der Waals surface area (Å²) >= 11 is 0. The molecule has 8 nitrogen and oxygen atoms in total. The summed E-state index contributed by atoms with van der Waals surface area (Å²) in [5.74, 6) is 2.56. The number of aryl methyl sites for hydroxylation is 2. The number of aromatic nitrogens is 2. The molecular weight excluding hydrogens is 715 g/mol. The number of rotatable bonds is 8. The van der Waals surface area contributed by atoms with E-state index < -0.39 is 32.2 Å². The average molecular weight is 774 g/mol. The van der Waals surface area contributed by atoms with Gasteiger partial charge in [-0.2, -0.15) is 0 Å². The molecule has 2 bridgehead atoms. The van der Waals surface area contributed by atoms with E-state index in [2.05, 4.69) is 53.0 Å². The van der Waals surface area contributed by atoms with Gasteiger partial charge >= 0.3 is 6.09 Å². The van der Waals surface area contributed by atoms with Crippen molar-refractivity contribution in [2.24, 2.45) is 0 Å². The standard InChI is InChI=1S/C44H56F2N4O4Si/c1-25(2)55(26(3)4,27(5)6)18-17-34-37(45)16-13-30-19-33(53-24-52-12)20-35(39(30)34)41-40(46)38-28(7)29(8)48-42(36(38)21-47-41)49-22-31-14-15-32(23-49)50(31)43(51)54-44(9,10)11/h13,16,19-21,25-27,31-32H,14-15,22-24H2,1-12H3/i7D3. The van der Waals surface area contributed by atoms with Gasteiger partial charge < -0.3 is 19.1 Å². The number of anilines is 1. The van der Waals surface area contributed by atoms with E-state index in [1.807, 2.05) is 25.7 Å². The van der Waals surface area contributed by atoms with E-state index >= 15 is 8.78 Å². The second kappa shape index (κ2) is 15.3. The minimum atomic E-state index is -2.74. The molecule has 2 aromatic carbocycles. The maximum absolute atomic E-state index is 17.8. The smallest absolute Gasteiger partial charge is 0.410 e. The van der Waals surface area contributed by atoms with E-state index in [0.29, 0.717) is 35.4 Å². The van der Waals surface area contributed by atoms with Gasteiger partial charge in [0.2, 0.25) is 0 Å². The number of carbonyl (C=O) groups excluding carboxylic acids is 1. The minimum absolute atomic E-state index is 0.0989. The Balaban J connectivity index is 1.60. The molecule has 0 spiro atoms. The highest BCUT2D eigenvalue weighted by Crippen LogP contribution is 2.43. The molecule has 4 heterocycles. The molecule has 0 radical (unpaired) electrons. The number of nitrogens with zero attached hydrogens (tertiary/aromatic N) is 4. The summed E-state index contributed by atoms with van der Waals surface area (Å²) in [6.07, 6.45) is 2.60. The quantitative estimate of drug-likeness (QED) is 0.100. The van der Waals surface area contributed by atoms with Gasteiger partial charge in [0.05, 0.1) is 17.6 Å². The molecule has 0 N–H and O–H groups in total. The lowest BCUT2D eigenvalue weighted by molar-refractivity contribution is 0.0123. The molecule has 294 valence electrons. The number of hydrogen-bond donors (Lipinski definition) is 0. The molecule has 2 fully saturated rings. The highest BCUT2D eigenvalue weighted by Gasteiger charge is 2.45. The van der Waals surface area contributed by atoms with Crippen molar-refractivity contribution >= 4 is 41.5 Å². The number of methoxy groups -OCH3 is 1. The molecule has 4 aromatic rings. The molecule has 2 aromatic heterocycles. The maximum atomic E-state index is 17.8. The van der Waals surface area contributed by atoms with Crippen molar-refractivity contribution in [1.82, 2.24) is 14.9 Å². The van der Waals surface area contributed by atoms with Crippen LogP contribution in [0.1, 0.15) is 96.1 Å². The first kappa shape index (κ1) is 36.4. The summed E-state index contributed by atoms with van der Waals surface area (Å²) in [4.78, 5) is 26.5. The lowest BCUT2D eigenvalue weighted by atomic mass is 9.94. The first-order valence-corrected chi connectivity index (χ1v) is 21.5. The Morgan fingerprint density at radius 1 is 1.04 bits per heavy atom. The van der Waals surface area contributed by atoms with Gasteiger partial charge in [-0.15, -0.1) is 5.54 Å². The Kier molecular flexibility index (Phi) is 10.1. The summed E-state index contributed by atoms with van der Waals surface area (Å²) in [5.41, 5.74) is 3.89. The van der Waals surface area contributed by atoms with Gasteiger partial charge in [-0.05, 0) is 93.2 Å². The zero-order valence-corrected chi connectivity index (χ0v) is 35.0. The Morgan fingerprint density at radius 3 is 2.27 bits per heavy atom. The Labute approximate surface area is 330 Å². The molecule has 6 rings (SSSR count). The van der Waals surface area contributed by atoms with Gasteiger partial charge in [0, 0.05) is 57.9 Å². The normalized spacial score (nSPS) is 18.5. The van der Waals surface area contributed by atoms with Gasteiger partial charge in [0.15, 0.2) is 12.6 Å². The van der Waals surface area contributed by atoms with Crippen LogP contribution in [0.3, 0.4) is 0 Å². The zero-order valence-electron chi connectivity index (χ0n) is 37.0. The highest BCUT2D eigenvalue weighted by molar-refractivity contribution is 6.90. The lowest BCUT2D eigenvalue weighted by Crippen LogP contribution is -2.57. The average Bonchev–Trinajstić information content (AvgIpc) is 3.39. The summed E-state index contributed by atoms with van der Waals surface area (Å²) in [6.45, 7) is 18.1. The van der Waals surface area contributed by atoms with Crippen LogP contribution in [0.15, 0.2) is 30.5 Å². The Bertz CT molecular complexity index is 2270. The fourth-order valence-corrected chi connectivity index (χ4v) is 14.2. The van der Waals surface area contributed by atoms with Crippen LogP contribution in [0, 0.1) is 36.9 Å². The van der Waals surface area contributed by atoms with Crippen molar-refractivity contribution in [2.75, 3.05) is 31.9 Å². The lowest BCUT2D eigenvalue weighted by Gasteiger charge is -2.42. The number of piperazine rings is 1. The van der Waals surface area contributed by atoms with Gasteiger partial charge in [-0.25, -0.2) is 18.6 Å². The number of fused-ring (bicyclic) bond motifs is 4. The molecular formula is C44H56F2N4O4Si. The molecule has 55 heavy (non-hydrogen) atoms. The Hall–Kier alpha value is -4.27. The van der Waals surface area contributed by atoms with Gasteiger partial charge in [-0.3, -0.25) is 9.88 Å². The first-order chi connectivity index (χ1) is 27.1. The third kappa shape index (κ3) is 7.40. The van der Waals surface area contributed by atoms with Gasteiger partial charge in [0.1, 0.15) is 36.8 Å². The molecule has 2 saturated heterocycles. The van der Waals surface area contributed by atoms with E-state index in [9.17, 15) is 4.79 Å². The van der Waals surface area contributed by atoms with Gasteiger partial charge in [0.25, 0.3) is 0 Å². The number of carbonyl (C=O) groups is 1. The van der Waals surface area contributed by atoms with E-state index in [4.69, 9.17) is 28.3 Å². The van der Waals surface area contributed by atoms with E-state index in [0.717, 1.165) is 12.8 Å². The number of ether oxygens (including phenoxy) is 3. The third-order valence-corrected chi connectivity index (χ3v) is 17.7. The summed E-state index contributed by atoms with van der Waals surface area (Å²) < 4.78 is 76.5. The number of hydrogen-bond acceptors (Lipinski definition) is 7. The van der Waals surface area contributed by atoms with Crippen LogP contribution in [-0.4, -0.2) is 73.7 Å². The monoisotopic (exact) mass is 773 g/mol. The van der Waals surface area contributed by atoms with Crippen LogP contribution in [-0.2, 0) is 9.47 Å². The molecule has 2 aliphatic rings. The SMILES string of the molecule is [2H]C([2H])([2H])c1c(C)nc(N2CC3CCC(C2)N3C(=O)OC(C)(C)C)c2cnc(-c3cc(OCOC)cc4ccc(F)c(C#C[Si](C(C)C)(C(C)C)C(C)C)c34)c(F)c12. The predicted molar refractivity (Wildman–Crippen MR) is 219 cm³/mol. The third-order valence-electron chi connectivity index (χ3n) is 11.4. The fourth-order valence-electron chi connectivity index (χ4n) is 9.01. The van der Waals surface area contributed by atoms with Crippen LogP contribution >= 0.6 is 0 Å². The molecule has 0 aliphatic carbocycles. The number of halogens is 2. The van der Waals surface area contributed by atoms with Crippen LogP contribution in [0.5, 0.6) is 5.75 Å². The summed E-state index contributed by atoms with van der Waals surface area (Å²) in [6, 6.07) is 5.91. The van der Waals surface area contributed by atoms with Crippen LogP contribution in [0.4, 0.5) is 19.4 Å². The van der Waals surface area contributed by atoms with Crippen molar-refractivity contribution in [3.05, 3.63) is 58.9 Å². The molecule has 2 aliphatic heterocycles. The van der Waals surface area contributed by atoms with Crippen LogP contribution < -0.4 is 9.64 Å². The van der Waals surface area contributed by atoms with E-state index in [1.165, 1.54) is 19.4 Å². The predicted octanol–water partition coefficient (Wildman–Crippen LogP) is 10.5. The molecule has 2 atom stereocenters. The molecule has 2 unspecified atom stereocenters. The number of benzene rings is 2. The van der Waals surface area contributed by atoms with Gasteiger partial charge in [-0.1, -0.05) is 53.5 Å². The van der Waals surface area contributed by atoms with Crippen molar-refractivity contribution < 1.29 is 31.9 Å². The van der Waals surface area contributed by atoms with Crippen molar-refractivity contribution in [3.8, 4) is 28.5 Å². The van der Waals surface area contributed by atoms with Crippen molar-refractivity contribution in [3.63, 3.8) is 0 Å². The molecule has 11 heteroatoms. The summed E-state index contributed by atoms with van der Waals surface area (Å²) in [7, 11) is -0.856. The molecule has 0 saturated carbocycles. The number of pyridine rings is 2. The first-order valence-electron chi connectivity index (χ1n) is 20.8. The van der Waals surface area contributed by atoms with Crippen LogP contribution in [0.25, 0.3) is 32.8 Å². The highest BCUT2D eigenvalue weighted by atomic mass is 28.3.